The molecule has 1 aromatic heterocycles. The van der Waals surface area contributed by atoms with E-state index in [0.29, 0.717) is 22.9 Å². The van der Waals surface area contributed by atoms with Crippen LogP contribution in [0.2, 0.25) is 0 Å². The Morgan fingerprint density at radius 1 is 0.933 bits per heavy atom. The van der Waals surface area contributed by atoms with Crippen LogP contribution < -0.4 is 0 Å². The Morgan fingerprint density at radius 3 is 2.20 bits per heavy atom. The number of fused-ring (bicyclic) bond motifs is 1. The van der Waals surface area contributed by atoms with Crippen molar-refractivity contribution in [2.45, 2.75) is 24.9 Å². The van der Waals surface area contributed by atoms with Crippen molar-refractivity contribution >= 4 is 28.4 Å². The molecular weight excluding hydrogens is 384 g/mol. The third-order valence-electron chi connectivity index (χ3n) is 5.85. The Morgan fingerprint density at radius 2 is 1.57 bits per heavy atom. The summed E-state index contributed by atoms with van der Waals surface area (Å²) in [6, 6.07) is 13.1. The number of nitrogens with one attached hydrogen (secondary N) is 1. The van der Waals surface area contributed by atoms with E-state index in [1.165, 1.54) is 15.9 Å². The minimum absolute atomic E-state index is 0.0173. The van der Waals surface area contributed by atoms with Gasteiger partial charge in [0.1, 0.15) is 12.1 Å². The quantitative estimate of drug-likeness (QED) is 0.520. The summed E-state index contributed by atoms with van der Waals surface area (Å²) in [7, 11) is 3.27. The number of nitrogens with zero attached hydrogens (tertiary/aromatic N) is 3. The summed E-state index contributed by atoms with van der Waals surface area (Å²) in [5.41, 5.74) is 2.24. The van der Waals surface area contributed by atoms with E-state index in [2.05, 4.69) is 4.98 Å². The lowest BCUT2D eigenvalue weighted by Gasteiger charge is -2.42. The van der Waals surface area contributed by atoms with E-state index in [9.17, 15) is 19.7 Å². The summed E-state index contributed by atoms with van der Waals surface area (Å²) >= 11 is 0. The molecule has 1 aliphatic rings. The number of hydrogen-bond acceptors (Lipinski definition) is 4. The van der Waals surface area contributed by atoms with Gasteiger partial charge in [0.05, 0.1) is 15.8 Å². The summed E-state index contributed by atoms with van der Waals surface area (Å²) in [5.74, 6) is -0.314. The van der Waals surface area contributed by atoms with Crippen LogP contribution in [0.3, 0.4) is 0 Å². The zero-order chi connectivity index (χ0) is 21.4. The fourth-order valence-corrected chi connectivity index (χ4v) is 4.15. The number of benzene rings is 2. The molecule has 8 nitrogen and oxygen atoms in total. The van der Waals surface area contributed by atoms with E-state index in [0.717, 1.165) is 5.56 Å². The van der Waals surface area contributed by atoms with Crippen molar-refractivity contribution in [3.05, 3.63) is 76.0 Å². The molecule has 0 bridgehead atoms. The second kappa shape index (κ2) is 7.62. The van der Waals surface area contributed by atoms with Gasteiger partial charge in [-0.3, -0.25) is 19.7 Å². The number of aromatic nitrogens is 1. The van der Waals surface area contributed by atoms with Gasteiger partial charge in [0.2, 0.25) is 11.8 Å². The number of amides is 2. The highest BCUT2D eigenvalue weighted by Gasteiger charge is 2.42. The maximum absolute atomic E-state index is 13.2. The number of nitro benzene ring substituents is 1. The number of nitro groups is 1. The number of likely N-dealkylation sites (N-methyl/N-ethyl adjacent to an activating group) is 2. The third kappa shape index (κ3) is 3.30. The van der Waals surface area contributed by atoms with E-state index in [-0.39, 0.29) is 23.9 Å². The summed E-state index contributed by atoms with van der Waals surface area (Å²) in [6.07, 6.45) is 2.32. The fraction of sp³-hybridized carbons (Fsp3) is 0.273. The van der Waals surface area contributed by atoms with E-state index >= 15 is 0 Å². The Labute approximate surface area is 173 Å². The second-order valence-electron chi connectivity index (χ2n) is 7.59. The molecule has 0 saturated carbocycles. The molecule has 4 rings (SSSR count). The van der Waals surface area contributed by atoms with Gasteiger partial charge < -0.3 is 14.8 Å². The van der Waals surface area contributed by atoms with Crippen LogP contribution >= 0.6 is 0 Å². The highest BCUT2D eigenvalue weighted by molar-refractivity contribution is 5.98. The van der Waals surface area contributed by atoms with Crippen LogP contribution in [0.4, 0.5) is 5.69 Å². The van der Waals surface area contributed by atoms with E-state index < -0.39 is 17.0 Å². The first kappa shape index (κ1) is 19.6. The molecule has 2 aromatic carbocycles. The molecule has 1 aliphatic heterocycles. The first-order chi connectivity index (χ1) is 14.4. The number of hydrogen-bond donors (Lipinski definition) is 1. The Bertz CT molecular complexity index is 1120. The van der Waals surface area contributed by atoms with Gasteiger partial charge in [-0.25, -0.2) is 0 Å². The van der Waals surface area contributed by atoms with Crippen LogP contribution in [-0.2, 0) is 22.4 Å². The fourth-order valence-electron chi connectivity index (χ4n) is 4.15. The lowest BCUT2D eigenvalue weighted by atomic mass is 9.95. The van der Waals surface area contributed by atoms with Crippen LogP contribution in [0.25, 0.3) is 10.9 Å². The SMILES string of the molecule is CN1C(=O)[C@H](Cc2c[nH]c3cccc([N+](=O)[O-])c23)N(C)C(=O)[C@@H]1Cc1ccccc1. The van der Waals surface area contributed by atoms with Crippen molar-refractivity contribution in [1.82, 2.24) is 14.8 Å². The van der Waals surface area contributed by atoms with E-state index in [1.807, 2.05) is 30.3 Å². The van der Waals surface area contributed by atoms with Gasteiger partial charge in [0.15, 0.2) is 0 Å². The summed E-state index contributed by atoms with van der Waals surface area (Å²) in [4.78, 5) is 43.3. The summed E-state index contributed by atoms with van der Waals surface area (Å²) in [6.45, 7) is 0. The number of carbonyl (C=O) groups excluding carboxylic acids is 2. The Kier molecular flexibility index (Phi) is 4.99. The smallest absolute Gasteiger partial charge is 0.279 e. The van der Waals surface area contributed by atoms with Crippen molar-refractivity contribution in [1.29, 1.82) is 0 Å². The lowest BCUT2D eigenvalue weighted by molar-refractivity contribution is -0.383. The van der Waals surface area contributed by atoms with Crippen molar-refractivity contribution in [2.75, 3.05) is 14.1 Å². The Hall–Kier alpha value is -3.68. The minimum Gasteiger partial charge on any atom is -0.361 e. The van der Waals surface area contributed by atoms with Crippen molar-refractivity contribution in [3.8, 4) is 0 Å². The minimum atomic E-state index is -0.715. The van der Waals surface area contributed by atoms with Gasteiger partial charge in [-0.05, 0) is 17.2 Å². The molecule has 30 heavy (non-hydrogen) atoms. The number of rotatable bonds is 5. The van der Waals surface area contributed by atoms with E-state index in [4.69, 9.17) is 0 Å². The zero-order valence-corrected chi connectivity index (χ0v) is 16.7. The zero-order valence-electron chi connectivity index (χ0n) is 16.7. The van der Waals surface area contributed by atoms with Gasteiger partial charge in [0.25, 0.3) is 5.69 Å². The number of piperazine rings is 1. The van der Waals surface area contributed by atoms with Crippen LogP contribution in [0.15, 0.2) is 54.7 Å². The topological polar surface area (TPSA) is 99.5 Å². The summed E-state index contributed by atoms with van der Waals surface area (Å²) < 4.78 is 0. The highest BCUT2D eigenvalue weighted by Crippen LogP contribution is 2.31. The average molecular weight is 406 g/mol. The second-order valence-corrected chi connectivity index (χ2v) is 7.59. The van der Waals surface area contributed by atoms with Gasteiger partial charge in [-0.15, -0.1) is 0 Å². The lowest BCUT2D eigenvalue weighted by Crippen LogP contribution is -2.63. The maximum Gasteiger partial charge on any atom is 0.279 e. The van der Waals surface area contributed by atoms with Crippen molar-refractivity contribution in [3.63, 3.8) is 0 Å². The third-order valence-corrected chi connectivity index (χ3v) is 5.85. The highest BCUT2D eigenvalue weighted by atomic mass is 16.6. The summed E-state index contributed by atoms with van der Waals surface area (Å²) in [5, 5.41) is 11.9. The molecule has 2 heterocycles. The van der Waals surface area contributed by atoms with E-state index in [1.54, 1.807) is 32.4 Å². The van der Waals surface area contributed by atoms with Gasteiger partial charge in [-0.1, -0.05) is 36.4 Å². The first-order valence-corrected chi connectivity index (χ1v) is 9.69. The molecule has 8 heteroatoms. The number of H-pyrrole nitrogens is 1. The van der Waals surface area contributed by atoms with Crippen LogP contribution in [0, 0.1) is 10.1 Å². The standard InChI is InChI=1S/C22H22N4O4/c1-24-18(11-14-7-4-3-5-8-14)21(27)25(2)19(22(24)28)12-15-13-23-16-9-6-10-17(20(15)16)26(29)30/h3-10,13,18-19,23H,11-12H2,1-2H3/t18-,19-/m0/s1. The predicted molar refractivity (Wildman–Crippen MR) is 112 cm³/mol. The molecule has 1 saturated heterocycles. The molecule has 0 spiro atoms. The molecule has 154 valence electrons. The molecule has 1 fully saturated rings. The normalized spacial score (nSPS) is 19.5. The molecule has 0 aliphatic carbocycles. The molecule has 2 amide bonds. The molecule has 0 radical (unpaired) electrons. The predicted octanol–water partition coefficient (Wildman–Crippen LogP) is 2.53. The van der Waals surface area contributed by atoms with Crippen LogP contribution in [-0.4, -0.2) is 57.7 Å². The van der Waals surface area contributed by atoms with Crippen molar-refractivity contribution < 1.29 is 14.5 Å². The molecular formula is C22H22N4O4. The van der Waals surface area contributed by atoms with Gasteiger partial charge in [0, 0.05) is 39.2 Å². The molecule has 2 atom stereocenters. The number of non-ortho nitro benzene ring substituents is 1. The molecule has 0 unspecified atom stereocenters. The van der Waals surface area contributed by atoms with Crippen LogP contribution in [0.1, 0.15) is 11.1 Å². The molecule has 1 N–H and O–H groups in total. The van der Waals surface area contributed by atoms with Crippen LogP contribution in [0.5, 0.6) is 0 Å². The number of aromatic amines is 1. The largest absolute Gasteiger partial charge is 0.361 e. The Balaban J connectivity index is 1.62. The number of carbonyl (C=O) groups is 2. The average Bonchev–Trinajstić information content (AvgIpc) is 3.16. The van der Waals surface area contributed by atoms with Gasteiger partial charge >= 0.3 is 0 Å². The molecule has 3 aromatic rings. The maximum atomic E-state index is 13.2. The van der Waals surface area contributed by atoms with Gasteiger partial charge in [-0.2, -0.15) is 0 Å². The van der Waals surface area contributed by atoms with Crippen molar-refractivity contribution in [2.24, 2.45) is 0 Å². The first-order valence-electron chi connectivity index (χ1n) is 9.69. The monoisotopic (exact) mass is 406 g/mol.